The zero-order chi connectivity index (χ0) is 26.3. The third-order valence-electron chi connectivity index (χ3n) is 6.67. The summed E-state index contributed by atoms with van der Waals surface area (Å²) in [6, 6.07) is 17.8. The second-order valence-electron chi connectivity index (χ2n) is 10.6. The Balaban J connectivity index is 1.75. The molecule has 1 aliphatic heterocycles. The van der Waals surface area contributed by atoms with E-state index in [1.54, 1.807) is 32.6 Å². The first-order valence-corrected chi connectivity index (χ1v) is 12.6. The van der Waals surface area contributed by atoms with Crippen molar-refractivity contribution in [2.75, 3.05) is 13.1 Å². The van der Waals surface area contributed by atoms with Crippen LogP contribution in [0.2, 0.25) is 0 Å². The molecular formula is C29H38N2O5. The van der Waals surface area contributed by atoms with Crippen molar-refractivity contribution >= 4 is 18.0 Å². The van der Waals surface area contributed by atoms with E-state index in [-0.39, 0.29) is 11.8 Å². The van der Waals surface area contributed by atoms with Gasteiger partial charge in [0.2, 0.25) is 5.91 Å². The van der Waals surface area contributed by atoms with Crippen LogP contribution in [0.5, 0.6) is 0 Å². The number of hydrogen-bond acceptors (Lipinski definition) is 4. The van der Waals surface area contributed by atoms with Crippen LogP contribution in [0.1, 0.15) is 52.5 Å². The molecule has 7 heteroatoms. The molecule has 1 aliphatic rings. The molecule has 1 fully saturated rings. The standard InChI is InChI=1S/C29H38N2O5/c1-20(32)31-16-14-24(15-17-31)26(27(33)34)19-25(30-28(35)36-29(2,3)4)18-21-10-12-23(13-11-21)22-8-6-5-7-9-22/h5-13,24-26H,14-19H2,1-4H3,(H,30,35)(H,33,34). The molecule has 2 unspecified atom stereocenters. The van der Waals surface area contributed by atoms with E-state index in [1.807, 2.05) is 42.5 Å². The smallest absolute Gasteiger partial charge is 0.407 e. The summed E-state index contributed by atoms with van der Waals surface area (Å²) in [5, 5.41) is 13.0. The minimum Gasteiger partial charge on any atom is -0.481 e. The van der Waals surface area contributed by atoms with Crippen molar-refractivity contribution in [3.63, 3.8) is 0 Å². The maximum absolute atomic E-state index is 12.6. The Kier molecular flexibility index (Phi) is 9.13. The second-order valence-corrected chi connectivity index (χ2v) is 10.6. The molecule has 0 spiro atoms. The highest BCUT2D eigenvalue weighted by Crippen LogP contribution is 2.30. The van der Waals surface area contributed by atoms with Gasteiger partial charge in [-0.25, -0.2) is 4.79 Å². The monoisotopic (exact) mass is 494 g/mol. The fraction of sp³-hybridized carbons (Fsp3) is 0.483. The van der Waals surface area contributed by atoms with Gasteiger partial charge in [-0.15, -0.1) is 0 Å². The Morgan fingerprint density at radius 1 is 1.00 bits per heavy atom. The fourth-order valence-electron chi connectivity index (χ4n) is 4.83. The number of benzene rings is 2. The molecule has 0 saturated carbocycles. The van der Waals surface area contributed by atoms with Gasteiger partial charge in [0.1, 0.15) is 5.60 Å². The molecular weight excluding hydrogens is 456 g/mol. The predicted molar refractivity (Wildman–Crippen MR) is 139 cm³/mol. The van der Waals surface area contributed by atoms with E-state index in [4.69, 9.17) is 4.74 Å². The minimum atomic E-state index is -0.869. The number of nitrogens with one attached hydrogen (secondary N) is 1. The number of carboxylic acid groups (broad SMARTS) is 1. The van der Waals surface area contributed by atoms with Crippen LogP contribution < -0.4 is 5.32 Å². The van der Waals surface area contributed by atoms with Gasteiger partial charge >= 0.3 is 12.1 Å². The fourth-order valence-corrected chi connectivity index (χ4v) is 4.83. The number of alkyl carbamates (subject to hydrolysis) is 1. The number of aliphatic carboxylic acids is 1. The topological polar surface area (TPSA) is 95.9 Å². The van der Waals surface area contributed by atoms with Gasteiger partial charge in [-0.3, -0.25) is 9.59 Å². The average Bonchev–Trinajstić information content (AvgIpc) is 2.82. The maximum Gasteiger partial charge on any atom is 0.407 e. The van der Waals surface area contributed by atoms with E-state index in [9.17, 15) is 19.5 Å². The van der Waals surface area contributed by atoms with Crippen LogP contribution in [0.3, 0.4) is 0 Å². The molecule has 0 radical (unpaired) electrons. The van der Waals surface area contributed by atoms with E-state index < -0.39 is 29.6 Å². The van der Waals surface area contributed by atoms with Crippen LogP contribution in [0.4, 0.5) is 4.79 Å². The van der Waals surface area contributed by atoms with Gasteiger partial charge in [0.05, 0.1) is 5.92 Å². The van der Waals surface area contributed by atoms with Gasteiger partial charge < -0.3 is 20.1 Å². The predicted octanol–water partition coefficient (Wildman–Crippen LogP) is 5.14. The van der Waals surface area contributed by atoms with Crippen molar-refractivity contribution in [1.82, 2.24) is 10.2 Å². The highest BCUT2D eigenvalue weighted by atomic mass is 16.6. The maximum atomic E-state index is 12.6. The van der Waals surface area contributed by atoms with Gasteiger partial charge in [0.15, 0.2) is 0 Å². The number of carbonyl (C=O) groups is 3. The third-order valence-corrected chi connectivity index (χ3v) is 6.67. The molecule has 0 aromatic heterocycles. The molecule has 2 N–H and O–H groups in total. The third kappa shape index (κ3) is 8.11. The first-order chi connectivity index (χ1) is 17.0. The van der Waals surface area contributed by atoms with E-state index in [2.05, 4.69) is 17.4 Å². The molecule has 2 atom stereocenters. The van der Waals surface area contributed by atoms with Crippen LogP contribution in [-0.2, 0) is 20.7 Å². The number of carboxylic acids is 1. The molecule has 194 valence electrons. The summed E-state index contributed by atoms with van der Waals surface area (Å²) in [5.41, 5.74) is 2.57. The summed E-state index contributed by atoms with van der Waals surface area (Å²) in [6.07, 6.45) is 1.51. The minimum absolute atomic E-state index is 0.0174. The SMILES string of the molecule is CC(=O)N1CCC(C(CC(Cc2ccc(-c3ccccc3)cc2)NC(=O)OC(C)(C)C)C(=O)O)CC1. The van der Waals surface area contributed by atoms with Crippen molar-refractivity contribution < 1.29 is 24.2 Å². The second kappa shape index (κ2) is 12.1. The van der Waals surface area contributed by atoms with E-state index in [1.165, 1.54) is 0 Å². The highest BCUT2D eigenvalue weighted by Gasteiger charge is 2.34. The van der Waals surface area contributed by atoms with Gasteiger partial charge in [-0.2, -0.15) is 0 Å². The molecule has 0 aliphatic carbocycles. The normalized spacial score (nSPS) is 16.2. The number of ether oxygens (including phenoxy) is 1. The summed E-state index contributed by atoms with van der Waals surface area (Å²) in [4.78, 5) is 38.4. The van der Waals surface area contributed by atoms with Crippen molar-refractivity contribution in [3.8, 4) is 11.1 Å². The Labute approximate surface area is 213 Å². The van der Waals surface area contributed by atoms with Crippen LogP contribution in [-0.4, -0.2) is 52.7 Å². The highest BCUT2D eigenvalue weighted by molar-refractivity contribution is 5.74. The van der Waals surface area contributed by atoms with Crippen LogP contribution in [0.15, 0.2) is 54.6 Å². The van der Waals surface area contributed by atoms with E-state index in [0.29, 0.717) is 38.8 Å². The zero-order valence-corrected chi connectivity index (χ0v) is 21.7. The quantitative estimate of drug-likeness (QED) is 0.530. The number of piperidine rings is 1. The number of hydrogen-bond donors (Lipinski definition) is 2. The lowest BCUT2D eigenvalue weighted by molar-refractivity contribution is -0.145. The van der Waals surface area contributed by atoms with Crippen molar-refractivity contribution in [2.45, 2.75) is 65.0 Å². The molecule has 2 amide bonds. The lowest BCUT2D eigenvalue weighted by atomic mass is 9.79. The first-order valence-electron chi connectivity index (χ1n) is 12.6. The van der Waals surface area contributed by atoms with Gasteiger partial charge in [0, 0.05) is 26.1 Å². The summed E-state index contributed by atoms with van der Waals surface area (Å²) < 4.78 is 5.47. The van der Waals surface area contributed by atoms with Gasteiger partial charge in [0.25, 0.3) is 0 Å². The Hall–Kier alpha value is -3.35. The number of likely N-dealkylation sites (tertiary alicyclic amines) is 1. The van der Waals surface area contributed by atoms with Crippen molar-refractivity contribution in [3.05, 3.63) is 60.2 Å². The average molecular weight is 495 g/mol. The largest absolute Gasteiger partial charge is 0.481 e. The molecule has 36 heavy (non-hydrogen) atoms. The lowest BCUT2D eigenvalue weighted by Crippen LogP contribution is -2.45. The lowest BCUT2D eigenvalue weighted by Gasteiger charge is -2.35. The zero-order valence-electron chi connectivity index (χ0n) is 21.7. The van der Waals surface area contributed by atoms with Crippen LogP contribution in [0.25, 0.3) is 11.1 Å². The van der Waals surface area contributed by atoms with E-state index in [0.717, 1.165) is 16.7 Å². The summed E-state index contributed by atoms with van der Waals surface area (Å²) in [6.45, 7) is 8.06. The summed E-state index contributed by atoms with van der Waals surface area (Å²) >= 11 is 0. The Morgan fingerprint density at radius 3 is 2.11 bits per heavy atom. The molecule has 3 rings (SSSR count). The molecule has 1 heterocycles. The molecule has 1 saturated heterocycles. The van der Waals surface area contributed by atoms with Gasteiger partial charge in [-0.1, -0.05) is 54.6 Å². The summed E-state index contributed by atoms with van der Waals surface area (Å²) in [7, 11) is 0. The van der Waals surface area contributed by atoms with E-state index >= 15 is 0 Å². The van der Waals surface area contributed by atoms with Crippen LogP contribution in [0, 0.1) is 11.8 Å². The number of amides is 2. The number of nitrogens with zero attached hydrogens (tertiary/aromatic N) is 1. The van der Waals surface area contributed by atoms with Crippen molar-refractivity contribution in [1.29, 1.82) is 0 Å². The molecule has 2 aromatic carbocycles. The number of rotatable bonds is 8. The molecule has 2 aromatic rings. The van der Waals surface area contributed by atoms with Crippen molar-refractivity contribution in [2.24, 2.45) is 11.8 Å². The summed E-state index contributed by atoms with van der Waals surface area (Å²) in [5.74, 6) is -1.53. The Morgan fingerprint density at radius 2 is 1.58 bits per heavy atom. The molecule has 7 nitrogen and oxygen atoms in total. The first kappa shape index (κ1) is 27.2. The Bertz CT molecular complexity index is 1020. The van der Waals surface area contributed by atoms with Gasteiger partial charge in [-0.05, 0) is 69.1 Å². The number of carbonyl (C=O) groups excluding carboxylic acids is 2. The van der Waals surface area contributed by atoms with Crippen LogP contribution >= 0.6 is 0 Å². The molecule has 0 bridgehead atoms.